The van der Waals surface area contributed by atoms with Gasteiger partial charge in [0, 0.05) is 32.3 Å². The zero-order valence-electron chi connectivity index (χ0n) is 25.1. The van der Waals surface area contributed by atoms with Crippen LogP contribution in [-0.4, -0.2) is 53.7 Å². The standard InChI is InChI=1S/C33H42O8/c1-20-17-21(2)31(5,6)15-16-32(7)30(41-32)27-28(39-23(4)35)25(19-38-22(3)34)18-33(27,29(20)37)40-26(36)14-13-24-11-9-8-10-12-24/h8-14,17,21,25,27-28,30H,15-16,18-19H2,1-7H3/b14-13+,20-17+/t21-,25+,27+,28-,30+,32+,33?/m0/s1. The van der Waals surface area contributed by atoms with Crippen molar-refractivity contribution in [2.45, 2.75) is 91.1 Å². The van der Waals surface area contributed by atoms with Crippen LogP contribution in [0.5, 0.6) is 0 Å². The number of carbonyl (C=O) groups is 4. The lowest BCUT2D eigenvalue weighted by atomic mass is 9.74. The SMILES string of the molecule is CC(=O)OC[C@H]1CC2(OC(=O)/C=C/c3ccccc3)C(=O)/C(C)=C/[C@H](C)C(C)(C)CC[C@@]3(C)O[C@@H]3[C@H]2[C@H]1OC(C)=O. The Morgan fingerprint density at radius 2 is 1.73 bits per heavy atom. The fourth-order valence-corrected chi connectivity index (χ4v) is 6.42. The molecule has 1 saturated heterocycles. The van der Waals surface area contributed by atoms with E-state index in [1.54, 1.807) is 13.0 Å². The molecular formula is C33H42O8. The summed E-state index contributed by atoms with van der Waals surface area (Å²) in [4.78, 5) is 52.1. The van der Waals surface area contributed by atoms with Crippen molar-refractivity contribution in [3.63, 3.8) is 0 Å². The maximum atomic E-state index is 14.6. The minimum Gasteiger partial charge on any atom is -0.465 e. The quantitative estimate of drug-likeness (QED) is 0.199. The third-order valence-corrected chi connectivity index (χ3v) is 9.23. The summed E-state index contributed by atoms with van der Waals surface area (Å²) in [6.07, 6.45) is 5.08. The molecule has 0 spiro atoms. The van der Waals surface area contributed by atoms with Gasteiger partial charge in [-0.2, -0.15) is 0 Å². The van der Waals surface area contributed by atoms with Gasteiger partial charge in [0.1, 0.15) is 6.10 Å². The molecule has 1 aromatic rings. The van der Waals surface area contributed by atoms with Crippen LogP contribution in [0.25, 0.3) is 6.08 Å². The van der Waals surface area contributed by atoms with Gasteiger partial charge in [0.2, 0.25) is 5.78 Å². The topological polar surface area (TPSA) is 108 Å². The highest BCUT2D eigenvalue weighted by molar-refractivity contribution is 6.04. The van der Waals surface area contributed by atoms with E-state index in [4.69, 9.17) is 18.9 Å². The Kier molecular flexibility index (Phi) is 8.65. The molecular weight excluding hydrogens is 524 g/mol. The minimum atomic E-state index is -1.69. The monoisotopic (exact) mass is 566 g/mol. The lowest BCUT2D eigenvalue weighted by Crippen LogP contribution is -2.52. The molecule has 8 heteroatoms. The predicted molar refractivity (Wildman–Crippen MR) is 152 cm³/mol. The molecule has 2 fully saturated rings. The number of rotatable bonds is 6. The van der Waals surface area contributed by atoms with Gasteiger partial charge in [-0.25, -0.2) is 4.79 Å². The number of carbonyl (C=O) groups excluding carboxylic acids is 4. The molecule has 4 rings (SSSR count). The van der Waals surface area contributed by atoms with E-state index in [9.17, 15) is 19.2 Å². The Morgan fingerprint density at radius 3 is 2.37 bits per heavy atom. The third-order valence-electron chi connectivity index (χ3n) is 9.23. The molecule has 3 aliphatic rings. The minimum absolute atomic E-state index is 0.0194. The Morgan fingerprint density at radius 1 is 1.05 bits per heavy atom. The third kappa shape index (κ3) is 6.48. The molecule has 0 bridgehead atoms. The molecule has 7 atom stereocenters. The summed E-state index contributed by atoms with van der Waals surface area (Å²) < 4.78 is 23.8. The maximum Gasteiger partial charge on any atom is 0.331 e. The van der Waals surface area contributed by atoms with E-state index in [0.717, 1.165) is 12.0 Å². The van der Waals surface area contributed by atoms with E-state index < -0.39 is 53.2 Å². The van der Waals surface area contributed by atoms with Crippen molar-refractivity contribution >= 4 is 29.8 Å². The average molecular weight is 567 g/mol. The van der Waals surface area contributed by atoms with E-state index >= 15 is 0 Å². The van der Waals surface area contributed by atoms with E-state index in [1.165, 1.54) is 19.9 Å². The van der Waals surface area contributed by atoms with Crippen molar-refractivity contribution in [3.8, 4) is 0 Å². The van der Waals surface area contributed by atoms with Crippen LogP contribution in [0.15, 0.2) is 48.1 Å². The number of ketones is 1. The second-order valence-electron chi connectivity index (χ2n) is 12.7. The normalized spacial score (nSPS) is 35.7. The van der Waals surface area contributed by atoms with E-state index in [1.807, 2.05) is 43.3 Å². The summed E-state index contributed by atoms with van der Waals surface area (Å²) in [7, 11) is 0. The van der Waals surface area contributed by atoms with Crippen LogP contribution in [0.4, 0.5) is 0 Å². The highest BCUT2D eigenvalue weighted by Crippen LogP contribution is 2.58. The molecule has 0 radical (unpaired) electrons. The maximum absolute atomic E-state index is 14.6. The van der Waals surface area contributed by atoms with Crippen LogP contribution in [0, 0.1) is 23.2 Å². The van der Waals surface area contributed by atoms with Gasteiger partial charge in [-0.1, -0.05) is 57.2 Å². The molecule has 1 saturated carbocycles. The second kappa shape index (κ2) is 11.6. The van der Waals surface area contributed by atoms with Gasteiger partial charge in [0.05, 0.1) is 24.2 Å². The Labute approximate surface area is 242 Å². The molecule has 8 nitrogen and oxygen atoms in total. The Bertz CT molecular complexity index is 1250. The number of allylic oxidation sites excluding steroid dienone is 1. The fraction of sp³-hybridized carbons (Fsp3) is 0.576. The zero-order valence-corrected chi connectivity index (χ0v) is 25.1. The number of fused-ring (bicyclic) bond motifs is 3. The van der Waals surface area contributed by atoms with Gasteiger partial charge in [0.15, 0.2) is 5.60 Å². The molecule has 41 heavy (non-hydrogen) atoms. The number of hydrogen-bond donors (Lipinski definition) is 0. The smallest absolute Gasteiger partial charge is 0.331 e. The molecule has 0 aromatic heterocycles. The highest BCUT2D eigenvalue weighted by Gasteiger charge is 2.72. The molecule has 1 unspecified atom stereocenters. The molecule has 1 aliphatic heterocycles. The van der Waals surface area contributed by atoms with Gasteiger partial charge in [0.25, 0.3) is 0 Å². The van der Waals surface area contributed by atoms with Crippen LogP contribution < -0.4 is 0 Å². The summed E-state index contributed by atoms with van der Waals surface area (Å²) in [5.41, 5.74) is -1.15. The lowest BCUT2D eigenvalue weighted by Gasteiger charge is -2.35. The van der Waals surface area contributed by atoms with E-state index in [-0.39, 0.29) is 30.1 Å². The second-order valence-corrected chi connectivity index (χ2v) is 12.7. The van der Waals surface area contributed by atoms with Gasteiger partial charge in [-0.05, 0) is 55.2 Å². The molecule has 0 N–H and O–H groups in total. The first-order chi connectivity index (χ1) is 19.2. The Balaban J connectivity index is 1.84. The molecule has 0 amide bonds. The summed E-state index contributed by atoms with van der Waals surface area (Å²) in [5, 5.41) is 0. The van der Waals surface area contributed by atoms with E-state index in [0.29, 0.717) is 12.0 Å². The molecule has 1 aromatic carbocycles. The van der Waals surface area contributed by atoms with Crippen molar-refractivity contribution in [2.24, 2.45) is 23.2 Å². The number of ether oxygens (including phenoxy) is 4. The van der Waals surface area contributed by atoms with E-state index in [2.05, 4.69) is 20.8 Å². The molecule has 222 valence electrons. The van der Waals surface area contributed by atoms with Crippen LogP contribution in [0.3, 0.4) is 0 Å². The van der Waals surface area contributed by atoms with Gasteiger partial charge >= 0.3 is 17.9 Å². The van der Waals surface area contributed by atoms with Crippen molar-refractivity contribution in [3.05, 3.63) is 53.6 Å². The number of benzene rings is 1. The highest BCUT2D eigenvalue weighted by atomic mass is 16.6. The van der Waals surface area contributed by atoms with Crippen molar-refractivity contribution in [1.29, 1.82) is 0 Å². The van der Waals surface area contributed by atoms with Crippen molar-refractivity contribution in [2.75, 3.05) is 6.61 Å². The summed E-state index contributed by atoms with van der Waals surface area (Å²) in [6, 6.07) is 9.29. The van der Waals surface area contributed by atoms with Gasteiger partial charge in [-0.3, -0.25) is 14.4 Å². The van der Waals surface area contributed by atoms with Crippen LogP contribution in [0.2, 0.25) is 0 Å². The van der Waals surface area contributed by atoms with Crippen molar-refractivity contribution < 1.29 is 38.1 Å². The zero-order chi connectivity index (χ0) is 30.2. The summed E-state index contributed by atoms with van der Waals surface area (Å²) in [5.74, 6) is -3.41. The predicted octanol–water partition coefficient (Wildman–Crippen LogP) is 5.24. The van der Waals surface area contributed by atoms with Crippen molar-refractivity contribution in [1.82, 2.24) is 0 Å². The average Bonchev–Trinajstić information content (AvgIpc) is 3.47. The molecule has 1 heterocycles. The molecule has 2 aliphatic carbocycles. The summed E-state index contributed by atoms with van der Waals surface area (Å²) in [6.45, 7) is 12.7. The van der Waals surface area contributed by atoms with Crippen LogP contribution in [-0.2, 0) is 38.1 Å². The number of Topliss-reactive ketones (excluding diaryl/α,β-unsaturated/α-hetero) is 1. The first-order valence-electron chi connectivity index (χ1n) is 14.4. The first-order valence-corrected chi connectivity index (χ1v) is 14.4. The van der Waals surface area contributed by atoms with Crippen LogP contribution >= 0.6 is 0 Å². The summed E-state index contributed by atoms with van der Waals surface area (Å²) >= 11 is 0. The fourth-order valence-electron chi connectivity index (χ4n) is 6.42. The number of epoxide rings is 1. The number of esters is 3. The Hall–Kier alpha value is -3.26. The van der Waals surface area contributed by atoms with Crippen LogP contribution in [0.1, 0.15) is 73.3 Å². The lowest BCUT2D eigenvalue weighted by molar-refractivity contribution is -0.171. The van der Waals surface area contributed by atoms with Gasteiger partial charge in [-0.15, -0.1) is 0 Å². The largest absolute Gasteiger partial charge is 0.465 e. The van der Waals surface area contributed by atoms with Gasteiger partial charge < -0.3 is 18.9 Å². The number of hydrogen-bond acceptors (Lipinski definition) is 8. The first kappa shape index (κ1) is 30.7.